The number of unbranched alkanes of at least 4 members (excludes halogenated alkanes) is 6. The molecule has 6 aliphatic carbocycles. The lowest BCUT2D eigenvalue weighted by Crippen LogP contribution is -2.39. The summed E-state index contributed by atoms with van der Waals surface area (Å²) in [7, 11) is 0. The van der Waals surface area contributed by atoms with Gasteiger partial charge in [0.1, 0.15) is 12.4 Å². The van der Waals surface area contributed by atoms with Crippen LogP contribution in [0.3, 0.4) is 0 Å². The van der Waals surface area contributed by atoms with Gasteiger partial charge in [-0.2, -0.15) is 4.89 Å². The van der Waals surface area contributed by atoms with Crippen molar-refractivity contribution in [2.75, 3.05) is 33.0 Å². The molecule has 0 bridgehead atoms. The molecule has 0 spiro atoms. The number of carbonyl (C=O) groups is 5. The molecule has 0 aliphatic heterocycles. The van der Waals surface area contributed by atoms with Gasteiger partial charge in [0.05, 0.1) is 49.9 Å². The van der Waals surface area contributed by atoms with Crippen molar-refractivity contribution in [3.63, 3.8) is 0 Å². The molecule has 0 aromatic heterocycles. The molecule has 6 saturated carbocycles. The first-order chi connectivity index (χ1) is 57.7. The third kappa shape index (κ3) is 29.7. The molecule has 0 amide bonds. The highest BCUT2D eigenvalue weighted by Gasteiger charge is 2.42. The lowest BCUT2D eigenvalue weighted by Gasteiger charge is -2.41. The summed E-state index contributed by atoms with van der Waals surface area (Å²) in [6.07, 6.45) is 39.5. The van der Waals surface area contributed by atoms with E-state index in [9.17, 15) is 24.0 Å². The van der Waals surface area contributed by atoms with Crippen molar-refractivity contribution in [2.24, 2.45) is 53.3 Å². The Morgan fingerprint density at radius 3 is 1.28 bits per heavy atom. The van der Waals surface area contributed by atoms with Crippen LogP contribution in [0.2, 0.25) is 0 Å². The maximum absolute atomic E-state index is 14.2. The average Bonchev–Trinajstić information content (AvgIpc) is 0.806. The third-order valence-corrected chi connectivity index (χ3v) is 25.6. The van der Waals surface area contributed by atoms with Gasteiger partial charge in [-0.05, 0) is 316 Å². The van der Waals surface area contributed by atoms with Gasteiger partial charge in [0.15, 0.2) is 17.0 Å². The van der Waals surface area contributed by atoms with Gasteiger partial charge in [0, 0.05) is 52.1 Å². The topological polar surface area (TPSA) is 178 Å². The Balaban J connectivity index is 0.651. The van der Waals surface area contributed by atoms with Crippen LogP contribution >= 0.6 is 0 Å². The van der Waals surface area contributed by atoms with E-state index in [-0.39, 0.29) is 49.0 Å². The van der Waals surface area contributed by atoms with Gasteiger partial charge in [-0.25, -0.2) is 24.2 Å². The van der Waals surface area contributed by atoms with Crippen molar-refractivity contribution in [3.8, 4) is 58.9 Å². The number of esters is 5. The number of ether oxygens (including phenoxy) is 6. The van der Waals surface area contributed by atoms with Crippen molar-refractivity contribution in [1.29, 1.82) is 0 Å². The highest BCUT2D eigenvalue weighted by atomic mass is 17.2. The first kappa shape index (κ1) is 89.6. The predicted octanol–water partition coefficient (Wildman–Crippen LogP) is 22.0. The van der Waals surface area contributed by atoms with Crippen molar-refractivity contribution in [1.82, 2.24) is 0 Å². The summed E-state index contributed by atoms with van der Waals surface area (Å²) in [5.41, 5.74) is 4.84. The smallest absolute Gasteiger partial charge is 0.339 e. The first-order valence-electron chi connectivity index (χ1n) is 44.7. The lowest BCUT2D eigenvalue weighted by atomic mass is 9.67. The second-order valence-electron chi connectivity index (χ2n) is 34.0. The summed E-state index contributed by atoms with van der Waals surface area (Å²) < 4.78 is 34.0. The van der Waals surface area contributed by atoms with E-state index in [1.54, 1.807) is 24.3 Å². The molecule has 15 nitrogen and oxygen atoms in total. The number of hydrogen-bond donors (Lipinski definition) is 0. The molecule has 5 aromatic rings. The summed E-state index contributed by atoms with van der Waals surface area (Å²) in [6.45, 7) is 13.6. The van der Waals surface area contributed by atoms with E-state index in [0.29, 0.717) is 106 Å². The fraction of sp³-hybridized carbons (Fsp3) is 0.544. The molecular weight excluding hydrogens is 1480 g/mol. The molecule has 0 unspecified atom stereocenters. The molecule has 118 heavy (non-hydrogen) atoms. The van der Waals surface area contributed by atoms with Crippen molar-refractivity contribution in [2.45, 2.75) is 269 Å². The van der Waals surface area contributed by atoms with Crippen LogP contribution in [-0.4, -0.2) is 80.2 Å². The lowest BCUT2D eigenvalue weighted by molar-refractivity contribution is -0.360. The normalized spacial score (nSPS) is 24.2. The summed E-state index contributed by atoms with van der Waals surface area (Å²) in [5, 5.41) is 0. The van der Waals surface area contributed by atoms with Crippen LogP contribution in [0.1, 0.15) is 294 Å². The third-order valence-electron chi connectivity index (χ3n) is 25.6. The molecule has 11 rings (SSSR count). The van der Waals surface area contributed by atoms with Gasteiger partial charge in [-0.3, -0.25) is 9.59 Å². The Kier molecular flexibility index (Phi) is 36.6. The van der Waals surface area contributed by atoms with E-state index in [1.807, 2.05) is 97.1 Å². The Morgan fingerprint density at radius 2 is 0.805 bits per heavy atom. The maximum Gasteiger partial charge on any atom is 0.339 e. The zero-order chi connectivity index (χ0) is 82.4. The second-order valence-corrected chi connectivity index (χ2v) is 34.0. The van der Waals surface area contributed by atoms with Gasteiger partial charge < -0.3 is 33.3 Å². The Labute approximate surface area is 703 Å². The number of carbonyl (C=O) groups excluding carboxylic acids is 5. The Morgan fingerprint density at radius 1 is 0.398 bits per heavy atom. The zero-order valence-corrected chi connectivity index (χ0v) is 70.2. The molecule has 0 atom stereocenters. The monoisotopic (exact) mass is 1600 g/mol. The molecule has 0 heterocycles. The fourth-order valence-electron chi connectivity index (χ4n) is 18.1. The summed E-state index contributed by atoms with van der Waals surface area (Å²) in [5.74, 6) is 31.0. The fourth-order valence-corrected chi connectivity index (χ4v) is 18.1. The minimum Gasteiger partial charge on any atom is -0.465 e. The van der Waals surface area contributed by atoms with Crippen molar-refractivity contribution < 1.29 is 71.9 Å². The highest BCUT2D eigenvalue weighted by Crippen LogP contribution is 2.47. The quantitative estimate of drug-likeness (QED) is 0.00540. The number of hydrogen-bond acceptors (Lipinski definition) is 15. The van der Waals surface area contributed by atoms with E-state index in [4.69, 9.17) is 48.0 Å². The largest absolute Gasteiger partial charge is 0.465 e. The van der Waals surface area contributed by atoms with Gasteiger partial charge in [0.2, 0.25) is 0 Å². The van der Waals surface area contributed by atoms with Crippen LogP contribution in [0.5, 0.6) is 11.5 Å². The van der Waals surface area contributed by atoms with Gasteiger partial charge in [-0.15, -0.1) is 0 Å². The predicted molar refractivity (Wildman–Crippen MR) is 459 cm³/mol. The maximum atomic E-state index is 14.2. The highest BCUT2D eigenvalue weighted by molar-refractivity contribution is 5.90. The minimum atomic E-state index is -0.950. The van der Waals surface area contributed by atoms with Crippen LogP contribution < -0.4 is 9.62 Å². The van der Waals surface area contributed by atoms with E-state index in [1.165, 1.54) is 103 Å². The van der Waals surface area contributed by atoms with Crippen LogP contribution in [0.15, 0.2) is 147 Å². The van der Waals surface area contributed by atoms with Crippen molar-refractivity contribution in [3.05, 3.63) is 191 Å². The van der Waals surface area contributed by atoms with Crippen LogP contribution in [-0.2, 0) is 64.1 Å². The molecule has 628 valence electrons. The minimum absolute atomic E-state index is 0.0843. The molecule has 0 radical (unpaired) electrons. The van der Waals surface area contributed by atoms with E-state index in [0.717, 1.165) is 152 Å². The molecule has 6 fully saturated rings. The zero-order valence-electron chi connectivity index (χ0n) is 70.2. The molecule has 6 aliphatic rings. The molecule has 0 N–H and O–H groups in total. The Hall–Kier alpha value is -9.19. The van der Waals surface area contributed by atoms with Crippen molar-refractivity contribution >= 4 is 29.8 Å². The SMILES string of the molecule is C=CC(=O)OCCCCOC(=O)C1CCC(COOc2ccc(COOC3(C#Cc4ccc(C#Cc5ccc(C#Cc6ccc(C#CC7(OC(=O)c8ccc(OC(=O)C9CCC(OCCCCOC(=O)C=C)CC9)cc8)CCC(C8CCC(CCCCC)CC8)CC7)cc6)cc5)cc4)CCC(C4CCC(CCCCC)CC4)CC3)cc2)CC1. The number of benzene rings is 5. The molecule has 0 saturated heterocycles. The standard InChI is InChI=1S/C103H126O15/c1-5-9-11-17-77-35-43-87(44-36-77)89-61-67-102(68-62-89,116-101(108)93-51-57-95(58-52-93)115-100(107)92-49-55-94(56-50-92)109-71-13-14-72-110-97(104)7-3)65-59-83-31-27-81(28-32-83)25-23-79-19-21-80(22-20-79)24-26-82-29-33-84(34-30-82)60-66-103(69-63-90(64-70-103)88-45-37-78(38-46-88)18-12-10-6-2)118-114-76-86-41-53-96(54-42-86)117-113-75-85-39-47-91(48-40-85)99(106)112-74-16-15-73-111-98(105)8-4/h7-8,19-22,27-34,41-42,51-54,57-58,77-78,85,87-92,94H,3-6,9-18,35-40,43-50,55-56,61-64,67-76H2,1-2H3. The second kappa shape index (κ2) is 48.2. The summed E-state index contributed by atoms with van der Waals surface area (Å²) in [4.78, 5) is 86.6. The first-order valence-corrected chi connectivity index (χ1v) is 44.7. The van der Waals surface area contributed by atoms with E-state index in [2.05, 4.69) is 74.4 Å². The summed E-state index contributed by atoms with van der Waals surface area (Å²) in [6, 6.07) is 38.4. The Bertz CT molecular complexity index is 4220. The average molecular weight is 1600 g/mol. The van der Waals surface area contributed by atoms with E-state index >= 15 is 0 Å². The molecule has 15 heteroatoms. The number of rotatable bonds is 36. The van der Waals surface area contributed by atoms with E-state index < -0.39 is 29.1 Å². The van der Waals surface area contributed by atoms with Crippen LogP contribution in [0, 0.1) is 101 Å². The van der Waals surface area contributed by atoms with Gasteiger partial charge in [0.25, 0.3) is 0 Å². The summed E-state index contributed by atoms with van der Waals surface area (Å²) >= 11 is 0. The van der Waals surface area contributed by atoms with Gasteiger partial charge in [-0.1, -0.05) is 158 Å². The van der Waals surface area contributed by atoms with Gasteiger partial charge >= 0.3 is 29.8 Å². The molecular formula is C103H126O15. The van der Waals surface area contributed by atoms with Crippen LogP contribution in [0.4, 0.5) is 0 Å². The van der Waals surface area contributed by atoms with Crippen LogP contribution in [0.25, 0.3) is 0 Å². The molecule has 5 aromatic carbocycles.